The fourth-order valence-corrected chi connectivity index (χ4v) is 1.67. The highest BCUT2D eigenvalue weighted by Gasteiger charge is 2.08. The maximum absolute atomic E-state index is 4.35. The van der Waals surface area contributed by atoms with Crippen LogP contribution in [0.2, 0.25) is 0 Å². The Morgan fingerprint density at radius 1 is 1.32 bits per heavy atom. The summed E-state index contributed by atoms with van der Waals surface area (Å²) in [5.41, 5.74) is 3.31. The van der Waals surface area contributed by atoms with Gasteiger partial charge in [-0.25, -0.2) is 0 Å². The Bertz CT molecular complexity index is 574. The monoisotopic (exact) mass is 250 g/mol. The smallest absolute Gasteiger partial charge is 0.0886 e. The summed E-state index contributed by atoms with van der Waals surface area (Å²) in [6, 6.07) is 3.87. The molecule has 0 fully saturated rings. The fourth-order valence-electron chi connectivity index (χ4n) is 1.67. The molecule has 0 N–H and O–H groups in total. The molecule has 2 heterocycles. The van der Waals surface area contributed by atoms with Gasteiger partial charge in [-0.3, -0.25) is 15.0 Å². The summed E-state index contributed by atoms with van der Waals surface area (Å²) in [6.07, 6.45) is 14.1. The zero-order valence-corrected chi connectivity index (χ0v) is 11.0. The van der Waals surface area contributed by atoms with E-state index in [0.717, 1.165) is 35.4 Å². The van der Waals surface area contributed by atoms with Gasteiger partial charge >= 0.3 is 0 Å². The lowest BCUT2D eigenvalue weighted by Crippen LogP contribution is -1.96. The van der Waals surface area contributed by atoms with Gasteiger partial charge in [-0.15, -0.1) is 0 Å². The molecule has 0 aliphatic heterocycles. The number of hydrogen-bond donors (Lipinski definition) is 0. The van der Waals surface area contributed by atoms with Gasteiger partial charge in [0.25, 0.3) is 0 Å². The van der Waals surface area contributed by atoms with E-state index in [-0.39, 0.29) is 0 Å². The van der Waals surface area contributed by atoms with Crippen molar-refractivity contribution in [3.63, 3.8) is 0 Å². The maximum Gasteiger partial charge on any atom is 0.0886 e. The van der Waals surface area contributed by atoms with Crippen LogP contribution in [0.1, 0.15) is 36.7 Å². The van der Waals surface area contributed by atoms with Crippen LogP contribution in [0.4, 0.5) is 0 Å². The number of aromatic nitrogens is 3. The van der Waals surface area contributed by atoms with Gasteiger partial charge in [-0.05, 0) is 12.5 Å². The summed E-state index contributed by atoms with van der Waals surface area (Å²) in [7, 11) is 0. The Morgan fingerprint density at radius 3 is 2.95 bits per heavy atom. The predicted octanol–water partition coefficient (Wildman–Crippen LogP) is 3.44. The Balaban J connectivity index is 2.32. The average Bonchev–Trinajstić information content (AvgIpc) is 2.48. The van der Waals surface area contributed by atoms with E-state index in [9.17, 15) is 0 Å². The standard InChI is InChI=1S/C16H16N3/c1-3-4-5-8-15-14(7-6-9-18-15)13(2)16-12-17-10-11-19-16/h5-7,9-12H,2-4H2,1H3. The van der Waals surface area contributed by atoms with E-state index in [1.165, 1.54) is 0 Å². The molecule has 0 unspecified atom stereocenters. The van der Waals surface area contributed by atoms with E-state index in [1.807, 2.05) is 18.2 Å². The molecule has 0 bridgehead atoms. The van der Waals surface area contributed by atoms with Crippen molar-refractivity contribution >= 4 is 5.57 Å². The van der Waals surface area contributed by atoms with Gasteiger partial charge in [0.2, 0.25) is 0 Å². The van der Waals surface area contributed by atoms with Gasteiger partial charge < -0.3 is 0 Å². The first-order valence-electron chi connectivity index (χ1n) is 6.31. The second kappa shape index (κ2) is 6.59. The lowest BCUT2D eigenvalue weighted by molar-refractivity contribution is 0.954. The maximum atomic E-state index is 4.35. The van der Waals surface area contributed by atoms with Crippen molar-refractivity contribution in [1.29, 1.82) is 0 Å². The number of pyridine rings is 1. The molecule has 0 saturated heterocycles. The highest BCUT2D eigenvalue weighted by molar-refractivity contribution is 5.77. The zero-order valence-electron chi connectivity index (χ0n) is 11.0. The van der Waals surface area contributed by atoms with Crippen molar-refractivity contribution in [2.24, 2.45) is 0 Å². The van der Waals surface area contributed by atoms with Crippen LogP contribution in [0.15, 0.2) is 49.6 Å². The van der Waals surface area contributed by atoms with Crippen LogP contribution in [0.25, 0.3) is 5.57 Å². The zero-order chi connectivity index (χ0) is 13.5. The predicted molar refractivity (Wildman–Crippen MR) is 76.2 cm³/mol. The number of hydrogen-bond acceptors (Lipinski definition) is 3. The van der Waals surface area contributed by atoms with Crippen molar-refractivity contribution in [1.82, 2.24) is 15.0 Å². The van der Waals surface area contributed by atoms with Crippen LogP contribution >= 0.6 is 0 Å². The first-order valence-corrected chi connectivity index (χ1v) is 6.31. The first-order chi connectivity index (χ1) is 9.33. The minimum atomic E-state index is 0.758. The molecule has 3 heteroatoms. The van der Waals surface area contributed by atoms with E-state index < -0.39 is 0 Å². The van der Waals surface area contributed by atoms with E-state index >= 15 is 0 Å². The minimum Gasteiger partial charge on any atom is -0.261 e. The molecule has 95 valence electrons. The molecule has 1 radical (unpaired) electrons. The van der Waals surface area contributed by atoms with Crippen LogP contribution in [-0.4, -0.2) is 15.0 Å². The van der Waals surface area contributed by atoms with Crippen molar-refractivity contribution in [3.8, 4) is 0 Å². The molecule has 3 nitrogen and oxygen atoms in total. The molecule has 0 saturated carbocycles. The molecule has 0 amide bonds. The van der Waals surface area contributed by atoms with Gasteiger partial charge in [-0.2, -0.15) is 0 Å². The molecular weight excluding hydrogens is 234 g/mol. The Hall–Kier alpha value is -2.29. The van der Waals surface area contributed by atoms with Crippen LogP contribution in [0.5, 0.6) is 0 Å². The molecule has 0 atom stereocenters. The van der Waals surface area contributed by atoms with Crippen LogP contribution in [-0.2, 0) is 0 Å². The van der Waals surface area contributed by atoms with Crippen molar-refractivity contribution in [2.45, 2.75) is 19.8 Å². The number of allylic oxidation sites excluding steroid dienone is 1. The summed E-state index contributed by atoms with van der Waals surface area (Å²) < 4.78 is 0. The molecule has 0 aromatic carbocycles. The molecule has 0 aliphatic carbocycles. The van der Waals surface area contributed by atoms with Crippen LogP contribution in [0, 0.1) is 6.08 Å². The highest BCUT2D eigenvalue weighted by atomic mass is 14.8. The first kappa shape index (κ1) is 13.1. The summed E-state index contributed by atoms with van der Waals surface area (Å²) in [6.45, 7) is 6.22. The summed E-state index contributed by atoms with van der Waals surface area (Å²) in [5, 5.41) is 0. The number of unbranched alkanes of at least 4 members (excludes halogenated alkanes) is 1. The molecular formula is C16H16N3. The van der Waals surface area contributed by atoms with Gasteiger partial charge in [0.1, 0.15) is 0 Å². The summed E-state index contributed by atoms with van der Waals surface area (Å²) >= 11 is 0. The quantitative estimate of drug-likeness (QED) is 0.816. The molecule has 19 heavy (non-hydrogen) atoms. The number of rotatable bonds is 5. The van der Waals surface area contributed by atoms with Crippen molar-refractivity contribution in [3.05, 3.63) is 72.6 Å². The van der Waals surface area contributed by atoms with Gasteiger partial charge in [0.05, 0.1) is 17.6 Å². The normalized spacial score (nSPS) is 10.8. The lowest BCUT2D eigenvalue weighted by Gasteiger charge is -2.07. The largest absolute Gasteiger partial charge is 0.261 e. The van der Waals surface area contributed by atoms with E-state index in [2.05, 4.69) is 34.5 Å². The fraction of sp³-hybridized carbons (Fsp3) is 0.188. The van der Waals surface area contributed by atoms with Crippen LogP contribution in [0.3, 0.4) is 0 Å². The third-order valence-corrected chi connectivity index (χ3v) is 2.68. The summed E-state index contributed by atoms with van der Waals surface area (Å²) in [4.78, 5) is 12.7. The van der Waals surface area contributed by atoms with Crippen molar-refractivity contribution in [2.75, 3.05) is 0 Å². The minimum absolute atomic E-state index is 0.758. The topological polar surface area (TPSA) is 38.7 Å². The molecule has 2 aromatic rings. The molecule has 0 spiro atoms. The third-order valence-electron chi connectivity index (χ3n) is 2.68. The SMILES string of the molecule is C=C(c1cnccn1)c1cccnc1/[C]=C\CCC. The summed E-state index contributed by atoms with van der Waals surface area (Å²) in [5.74, 6) is 0. The van der Waals surface area contributed by atoms with Crippen molar-refractivity contribution < 1.29 is 0 Å². The lowest BCUT2D eigenvalue weighted by atomic mass is 10.0. The van der Waals surface area contributed by atoms with E-state index in [1.54, 1.807) is 24.8 Å². The second-order valence-electron chi connectivity index (χ2n) is 4.11. The van der Waals surface area contributed by atoms with Gasteiger partial charge in [0.15, 0.2) is 0 Å². The van der Waals surface area contributed by atoms with E-state index in [4.69, 9.17) is 0 Å². The highest BCUT2D eigenvalue weighted by Crippen LogP contribution is 2.21. The molecule has 2 rings (SSSR count). The Morgan fingerprint density at radius 2 is 2.21 bits per heavy atom. The molecule has 0 aliphatic rings. The number of nitrogens with zero attached hydrogens (tertiary/aromatic N) is 3. The van der Waals surface area contributed by atoms with Gasteiger partial charge in [-0.1, -0.05) is 32.1 Å². The van der Waals surface area contributed by atoms with E-state index in [0.29, 0.717) is 0 Å². The Labute approximate surface area is 113 Å². The average molecular weight is 250 g/mol. The second-order valence-corrected chi connectivity index (χ2v) is 4.11. The Kier molecular flexibility index (Phi) is 4.56. The third kappa shape index (κ3) is 3.35. The van der Waals surface area contributed by atoms with Gasteiger partial charge in [0, 0.05) is 35.8 Å². The van der Waals surface area contributed by atoms with Crippen LogP contribution < -0.4 is 0 Å². The molecule has 2 aromatic heterocycles.